The first kappa shape index (κ1) is 12.8. The zero-order valence-corrected chi connectivity index (χ0v) is 11.9. The number of pyridine rings is 1. The summed E-state index contributed by atoms with van der Waals surface area (Å²) in [5.74, 6) is -0.399. The zero-order valence-electron chi connectivity index (χ0n) is 11.9. The highest BCUT2D eigenvalue weighted by molar-refractivity contribution is 6.32. The van der Waals surface area contributed by atoms with Crippen LogP contribution in [0.25, 0.3) is 10.9 Å². The summed E-state index contributed by atoms with van der Waals surface area (Å²) < 4.78 is 1.48. The van der Waals surface area contributed by atoms with Gasteiger partial charge in [0, 0.05) is 23.3 Å². The lowest BCUT2D eigenvalue weighted by Crippen LogP contribution is -2.25. The highest BCUT2D eigenvalue weighted by Gasteiger charge is 2.36. The molecule has 5 nitrogen and oxygen atoms in total. The van der Waals surface area contributed by atoms with Crippen molar-refractivity contribution in [3.8, 4) is 0 Å². The van der Waals surface area contributed by atoms with Gasteiger partial charge in [-0.2, -0.15) is 4.73 Å². The number of carbonyl (C=O) groups is 2. The largest absolute Gasteiger partial charge is 0.413 e. The van der Waals surface area contributed by atoms with Gasteiger partial charge in [-0.3, -0.25) is 14.6 Å². The fraction of sp³-hybridized carbons (Fsp3) is 0.118. The quantitative estimate of drug-likeness (QED) is 0.568. The number of nitrogens with zero attached hydrogens (tertiary/aromatic N) is 2. The van der Waals surface area contributed by atoms with Crippen LogP contribution in [0.1, 0.15) is 38.9 Å². The Kier molecular flexibility index (Phi) is 2.63. The van der Waals surface area contributed by atoms with Crippen molar-refractivity contribution in [2.24, 2.45) is 0 Å². The van der Waals surface area contributed by atoms with Crippen LogP contribution in [0.3, 0.4) is 0 Å². The molecule has 0 atom stereocenters. The second-order valence-corrected chi connectivity index (χ2v) is 5.03. The summed E-state index contributed by atoms with van der Waals surface area (Å²) in [5, 5.41) is 0.721. The third-order valence-corrected chi connectivity index (χ3v) is 3.84. The molecular formula is C17H12N2O3. The SMILES string of the molecule is CCOn1c2c(c3ccccc31)C(=O)c1cnccc1C2=O. The molecule has 0 aliphatic heterocycles. The summed E-state index contributed by atoms with van der Waals surface area (Å²) in [6, 6.07) is 8.94. The van der Waals surface area contributed by atoms with Crippen molar-refractivity contribution in [2.75, 3.05) is 6.61 Å². The number of fused-ring (bicyclic) bond motifs is 4. The number of aromatic nitrogens is 2. The standard InChI is InChI=1S/C17H12N2O3/c1-2-22-19-13-6-4-3-5-11(13)14-15(19)17(21)10-7-8-18-9-12(10)16(14)20/h3-9H,2H2,1H3. The van der Waals surface area contributed by atoms with Crippen LogP contribution in [-0.2, 0) is 0 Å². The molecule has 0 saturated heterocycles. The molecule has 0 fully saturated rings. The molecule has 0 unspecified atom stereocenters. The van der Waals surface area contributed by atoms with Gasteiger partial charge >= 0.3 is 0 Å². The minimum Gasteiger partial charge on any atom is -0.413 e. The molecule has 0 radical (unpaired) electrons. The van der Waals surface area contributed by atoms with E-state index in [9.17, 15) is 9.59 Å². The van der Waals surface area contributed by atoms with Crippen molar-refractivity contribution < 1.29 is 14.4 Å². The van der Waals surface area contributed by atoms with E-state index < -0.39 is 0 Å². The van der Waals surface area contributed by atoms with E-state index in [1.54, 1.807) is 6.07 Å². The van der Waals surface area contributed by atoms with Crippen LogP contribution in [0.5, 0.6) is 0 Å². The second kappa shape index (κ2) is 4.53. The van der Waals surface area contributed by atoms with Gasteiger partial charge in [0.25, 0.3) is 0 Å². The van der Waals surface area contributed by atoms with Gasteiger partial charge in [0.2, 0.25) is 5.78 Å². The third-order valence-electron chi connectivity index (χ3n) is 3.84. The summed E-state index contributed by atoms with van der Waals surface area (Å²) in [7, 11) is 0. The van der Waals surface area contributed by atoms with Crippen LogP contribution in [0.2, 0.25) is 0 Å². The van der Waals surface area contributed by atoms with Crippen molar-refractivity contribution in [1.82, 2.24) is 9.71 Å². The van der Waals surface area contributed by atoms with E-state index in [-0.39, 0.29) is 11.6 Å². The second-order valence-electron chi connectivity index (χ2n) is 5.03. The topological polar surface area (TPSA) is 61.2 Å². The summed E-state index contributed by atoms with van der Waals surface area (Å²) in [4.78, 5) is 35.2. The van der Waals surface area contributed by atoms with E-state index in [1.165, 1.54) is 17.1 Å². The van der Waals surface area contributed by atoms with Crippen LogP contribution in [0.4, 0.5) is 0 Å². The van der Waals surface area contributed by atoms with E-state index in [1.807, 2.05) is 31.2 Å². The number of benzene rings is 1. The van der Waals surface area contributed by atoms with Gasteiger partial charge in [-0.25, -0.2) is 0 Å². The predicted molar refractivity (Wildman–Crippen MR) is 80.2 cm³/mol. The molecule has 1 aliphatic carbocycles. The van der Waals surface area contributed by atoms with Gasteiger partial charge in [0.15, 0.2) is 5.78 Å². The van der Waals surface area contributed by atoms with Crippen LogP contribution in [0.15, 0.2) is 42.7 Å². The van der Waals surface area contributed by atoms with Gasteiger partial charge in [-0.05, 0) is 19.1 Å². The summed E-state index contributed by atoms with van der Waals surface area (Å²) in [6.07, 6.45) is 2.97. The number of hydrogen-bond donors (Lipinski definition) is 0. The molecule has 0 spiro atoms. The predicted octanol–water partition coefficient (Wildman–Crippen LogP) is 2.26. The van der Waals surface area contributed by atoms with E-state index in [0.717, 1.165) is 10.9 Å². The maximum absolute atomic E-state index is 12.8. The molecule has 3 aromatic rings. The van der Waals surface area contributed by atoms with Gasteiger partial charge in [-0.15, -0.1) is 0 Å². The Morgan fingerprint density at radius 2 is 1.91 bits per heavy atom. The minimum atomic E-state index is -0.211. The van der Waals surface area contributed by atoms with Gasteiger partial charge in [0.1, 0.15) is 12.3 Å². The Hall–Kier alpha value is -2.95. The van der Waals surface area contributed by atoms with Crippen molar-refractivity contribution in [1.29, 1.82) is 0 Å². The van der Waals surface area contributed by atoms with Gasteiger partial charge in [0.05, 0.1) is 16.6 Å². The first-order valence-corrected chi connectivity index (χ1v) is 7.04. The van der Waals surface area contributed by atoms with Crippen molar-refractivity contribution in [3.05, 3.63) is 65.1 Å². The lowest BCUT2D eigenvalue weighted by Gasteiger charge is -2.16. The zero-order chi connectivity index (χ0) is 15.3. The molecule has 0 saturated carbocycles. The van der Waals surface area contributed by atoms with Crippen LogP contribution >= 0.6 is 0 Å². The minimum absolute atomic E-state index is 0.188. The molecule has 1 aromatic carbocycles. The molecule has 5 heteroatoms. The van der Waals surface area contributed by atoms with Crippen molar-refractivity contribution in [2.45, 2.75) is 6.92 Å². The highest BCUT2D eigenvalue weighted by Crippen LogP contribution is 2.34. The number of hydrogen-bond acceptors (Lipinski definition) is 4. The van der Waals surface area contributed by atoms with Crippen LogP contribution < -0.4 is 4.84 Å². The molecule has 1 aliphatic rings. The summed E-state index contributed by atoms with van der Waals surface area (Å²) >= 11 is 0. The number of para-hydroxylation sites is 1. The highest BCUT2D eigenvalue weighted by atomic mass is 16.7. The maximum atomic E-state index is 12.8. The Labute approximate surface area is 126 Å². The number of ketones is 2. The molecule has 4 rings (SSSR count). The van der Waals surface area contributed by atoms with Crippen molar-refractivity contribution >= 4 is 22.5 Å². The third kappa shape index (κ3) is 1.50. The molecule has 2 heterocycles. The number of carbonyl (C=O) groups excluding carboxylic acids is 2. The Morgan fingerprint density at radius 3 is 2.73 bits per heavy atom. The summed E-state index contributed by atoms with van der Waals surface area (Å²) in [5.41, 5.74) is 2.13. The molecule has 2 aromatic heterocycles. The average molecular weight is 292 g/mol. The Balaban J connectivity index is 2.13. The van der Waals surface area contributed by atoms with Gasteiger partial charge in [-0.1, -0.05) is 18.2 Å². The number of rotatable bonds is 2. The van der Waals surface area contributed by atoms with E-state index in [2.05, 4.69) is 4.98 Å². The summed E-state index contributed by atoms with van der Waals surface area (Å²) in [6.45, 7) is 2.24. The smallest absolute Gasteiger partial charge is 0.214 e. The fourth-order valence-corrected chi connectivity index (χ4v) is 2.95. The molecule has 22 heavy (non-hydrogen) atoms. The average Bonchev–Trinajstić information content (AvgIpc) is 2.88. The molecule has 0 N–H and O–H groups in total. The lowest BCUT2D eigenvalue weighted by molar-refractivity contribution is 0.0901. The van der Waals surface area contributed by atoms with Crippen LogP contribution in [0, 0.1) is 0 Å². The monoisotopic (exact) mass is 292 g/mol. The van der Waals surface area contributed by atoms with E-state index >= 15 is 0 Å². The molecule has 0 bridgehead atoms. The van der Waals surface area contributed by atoms with E-state index in [4.69, 9.17) is 4.84 Å². The first-order chi connectivity index (χ1) is 10.7. The maximum Gasteiger partial charge on any atom is 0.214 e. The first-order valence-electron chi connectivity index (χ1n) is 7.04. The molecular weight excluding hydrogens is 280 g/mol. The fourth-order valence-electron chi connectivity index (χ4n) is 2.95. The molecule has 108 valence electrons. The van der Waals surface area contributed by atoms with E-state index in [0.29, 0.717) is 29.0 Å². The van der Waals surface area contributed by atoms with Crippen LogP contribution in [-0.4, -0.2) is 27.9 Å². The normalized spacial score (nSPS) is 13.1. The Bertz CT molecular complexity index is 940. The Morgan fingerprint density at radius 1 is 1.09 bits per heavy atom. The van der Waals surface area contributed by atoms with Crippen molar-refractivity contribution in [3.63, 3.8) is 0 Å². The lowest BCUT2D eigenvalue weighted by atomic mass is 9.88. The van der Waals surface area contributed by atoms with Gasteiger partial charge < -0.3 is 4.84 Å². The molecule has 0 amide bonds.